The Kier molecular flexibility index (Phi) is 3.89. The summed E-state index contributed by atoms with van der Waals surface area (Å²) in [4.78, 5) is 3.91. The van der Waals surface area contributed by atoms with Crippen molar-refractivity contribution in [2.24, 2.45) is 0 Å². The van der Waals surface area contributed by atoms with E-state index in [1.807, 2.05) is 12.1 Å². The third-order valence-electron chi connectivity index (χ3n) is 2.57. The Morgan fingerprint density at radius 1 is 1.28 bits per heavy atom. The van der Waals surface area contributed by atoms with Crippen LogP contribution in [0.3, 0.4) is 0 Å². The number of benzene rings is 1. The van der Waals surface area contributed by atoms with Crippen molar-refractivity contribution in [1.29, 1.82) is 0 Å². The Morgan fingerprint density at radius 3 is 2.67 bits per heavy atom. The van der Waals surface area contributed by atoms with Gasteiger partial charge in [0.2, 0.25) is 0 Å². The maximum Gasteiger partial charge on any atom is 0.125 e. The second-order valence-corrected chi connectivity index (χ2v) is 4.00. The Balaban J connectivity index is 2.14. The highest BCUT2D eigenvalue weighted by Crippen LogP contribution is 2.26. The lowest BCUT2D eigenvalue weighted by molar-refractivity contribution is 0.189. The van der Waals surface area contributed by atoms with Crippen molar-refractivity contribution in [3.63, 3.8) is 0 Å². The number of pyridine rings is 1. The molecule has 1 unspecified atom stereocenters. The van der Waals surface area contributed by atoms with Crippen LogP contribution < -0.4 is 4.74 Å². The minimum atomic E-state index is -0.770. The molecule has 1 N–H and O–H groups in total. The zero-order valence-corrected chi connectivity index (χ0v) is 10.0. The second-order valence-electron chi connectivity index (χ2n) is 4.00. The summed E-state index contributed by atoms with van der Waals surface area (Å²) in [5.74, 6) is 0.102. The van der Waals surface area contributed by atoms with Crippen LogP contribution in [-0.2, 0) is 6.61 Å². The van der Waals surface area contributed by atoms with Gasteiger partial charge in [0.1, 0.15) is 18.2 Å². The SMILES string of the molecule is CC(O)c1cc(F)ccc1OCc1ccncc1. The number of hydrogen-bond donors (Lipinski definition) is 1. The van der Waals surface area contributed by atoms with Gasteiger partial charge in [-0.3, -0.25) is 4.98 Å². The van der Waals surface area contributed by atoms with E-state index in [2.05, 4.69) is 4.98 Å². The quantitative estimate of drug-likeness (QED) is 0.903. The monoisotopic (exact) mass is 247 g/mol. The number of aliphatic hydroxyl groups is 1. The molecular weight excluding hydrogens is 233 g/mol. The molecule has 0 radical (unpaired) electrons. The highest BCUT2D eigenvalue weighted by Gasteiger charge is 2.10. The van der Waals surface area contributed by atoms with Gasteiger partial charge in [-0.05, 0) is 42.8 Å². The van der Waals surface area contributed by atoms with Gasteiger partial charge in [0.15, 0.2) is 0 Å². The van der Waals surface area contributed by atoms with E-state index in [9.17, 15) is 9.50 Å². The molecule has 1 aromatic carbocycles. The second kappa shape index (κ2) is 5.60. The average Bonchev–Trinajstić information content (AvgIpc) is 2.38. The summed E-state index contributed by atoms with van der Waals surface area (Å²) in [6.45, 7) is 1.93. The van der Waals surface area contributed by atoms with Crippen molar-refractivity contribution in [3.05, 3.63) is 59.7 Å². The number of rotatable bonds is 4. The lowest BCUT2D eigenvalue weighted by Gasteiger charge is -2.13. The number of halogens is 1. The third kappa shape index (κ3) is 3.05. The predicted octanol–water partition coefficient (Wildman–Crippen LogP) is 2.85. The number of aliphatic hydroxyl groups excluding tert-OH is 1. The molecular formula is C14H14FNO2. The number of ether oxygens (including phenoxy) is 1. The molecule has 4 heteroatoms. The van der Waals surface area contributed by atoms with Crippen molar-refractivity contribution >= 4 is 0 Å². The molecule has 1 atom stereocenters. The highest BCUT2D eigenvalue weighted by molar-refractivity contribution is 5.35. The minimum absolute atomic E-state index is 0.355. The van der Waals surface area contributed by atoms with Crippen molar-refractivity contribution in [2.75, 3.05) is 0 Å². The van der Waals surface area contributed by atoms with Crippen LogP contribution in [0.2, 0.25) is 0 Å². The van der Waals surface area contributed by atoms with Gasteiger partial charge in [-0.2, -0.15) is 0 Å². The first kappa shape index (κ1) is 12.5. The van der Waals surface area contributed by atoms with Gasteiger partial charge < -0.3 is 9.84 Å². The van der Waals surface area contributed by atoms with Gasteiger partial charge in [-0.15, -0.1) is 0 Å². The van der Waals surface area contributed by atoms with Crippen LogP contribution in [0.4, 0.5) is 4.39 Å². The molecule has 0 aliphatic heterocycles. The molecule has 94 valence electrons. The van der Waals surface area contributed by atoms with Crippen LogP contribution in [0.1, 0.15) is 24.2 Å². The Labute approximate surface area is 105 Å². The molecule has 0 fully saturated rings. The van der Waals surface area contributed by atoms with E-state index in [-0.39, 0.29) is 5.82 Å². The van der Waals surface area contributed by atoms with Crippen molar-refractivity contribution < 1.29 is 14.2 Å². The van der Waals surface area contributed by atoms with Crippen LogP contribution >= 0.6 is 0 Å². The molecule has 1 heterocycles. The fourth-order valence-corrected chi connectivity index (χ4v) is 1.62. The lowest BCUT2D eigenvalue weighted by atomic mass is 10.1. The van der Waals surface area contributed by atoms with Crippen LogP contribution in [0, 0.1) is 5.82 Å². The topological polar surface area (TPSA) is 42.4 Å². The largest absolute Gasteiger partial charge is 0.489 e. The summed E-state index contributed by atoms with van der Waals surface area (Å²) in [5, 5.41) is 9.57. The van der Waals surface area contributed by atoms with Crippen molar-refractivity contribution in [3.8, 4) is 5.75 Å². The fraction of sp³-hybridized carbons (Fsp3) is 0.214. The molecule has 3 nitrogen and oxygen atoms in total. The molecule has 0 aliphatic rings. The molecule has 0 bridgehead atoms. The maximum atomic E-state index is 13.1. The summed E-state index contributed by atoms with van der Waals surface area (Å²) in [7, 11) is 0. The molecule has 0 saturated heterocycles. The molecule has 0 spiro atoms. The van der Waals surface area contributed by atoms with Gasteiger partial charge in [0.05, 0.1) is 6.10 Å². The molecule has 0 aliphatic carbocycles. The van der Waals surface area contributed by atoms with Crippen molar-refractivity contribution in [2.45, 2.75) is 19.6 Å². The fourth-order valence-electron chi connectivity index (χ4n) is 1.62. The van der Waals surface area contributed by atoms with Crippen LogP contribution in [-0.4, -0.2) is 10.1 Å². The van der Waals surface area contributed by atoms with E-state index >= 15 is 0 Å². The smallest absolute Gasteiger partial charge is 0.125 e. The molecule has 0 amide bonds. The molecule has 0 saturated carbocycles. The normalized spacial score (nSPS) is 12.2. The average molecular weight is 247 g/mol. The van der Waals surface area contributed by atoms with Gasteiger partial charge in [0, 0.05) is 18.0 Å². The third-order valence-corrected chi connectivity index (χ3v) is 2.57. The van der Waals surface area contributed by atoms with E-state index in [1.165, 1.54) is 18.2 Å². The summed E-state index contributed by atoms with van der Waals surface area (Å²) in [6.07, 6.45) is 2.59. The molecule has 2 aromatic rings. The number of hydrogen-bond acceptors (Lipinski definition) is 3. The minimum Gasteiger partial charge on any atom is -0.489 e. The maximum absolute atomic E-state index is 13.1. The van der Waals surface area contributed by atoms with Gasteiger partial charge in [-0.25, -0.2) is 4.39 Å². The summed E-state index contributed by atoms with van der Waals surface area (Å²) >= 11 is 0. The molecule has 18 heavy (non-hydrogen) atoms. The van der Waals surface area contributed by atoms with E-state index in [0.29, 0.717) is 17.9 Å². The summed E-state index contributed by atoms with van der Waals surface area (Å²) in [6, 6.07) is 7.80. The van der Waals surface area contributed by atoms with Crippen LogP contribution in [0.5, 0.6) is 5.75 Å². The highest BCUT2D eigenvalue weighted by atomic mass is 19.1. The first-order chi connectivity index (χ1) is 8.66. The van der Waals surface area contributed by atoms with Gasteiger partial charge in [-0.1, -0.05) is 0 Å². The van der Waals surface area contributed by atoms with Crippen LogP contribution in [0.25, 0.3) is 0 Å². The van der Waals surface area contributed by atoms with E-state index in [4.69, 9.17) is 4.74 Å². The Morgan fingerprint density at radius 2 is 2.00 bits per heavy atom. The number of nitrogens with zero attached hydrogens (tertiary/aromatic N) is 1. The zero-order valence-electron chi connectivity index (χ0n) is 10.0. The Bertz CT molecular complexity index is 514. The standard InChI is InChI=1S/C14H14FNO2/c1-10(17)13-8-12(15)2-3-14(13)18-9-11-4-6-16-7-5-11/h2-8,10,17H,9H2,1H3. The van der Waals surface area contributed by atoms with Crippen molar-refractivity contribution in [1.82, 2.24) is 4.98 Å². The van der Waals surface area contributed by atoms with E-state index in [0.717, 1.165) is 5.56 Å². The predicted molar refractivity (Wildman–Crippen MR) is 65.6 cm³/mol. The number of aromatic nitrogens is 1. The molecule has 2 rings (SSSR count). The first-order valence-electron chi connectivity index (χ1n) is 5.66. The van der Waals surface area contributed by atoms with Gasteiger partial charge >= 0.3 is 0 Å². The zero-order chi connectivity index (χ0) is 13.0. The summed E-state index contributed by atoms with van der Waals surface area (Å²) in [5.41, 5.74) is 1.41. The Hall–Kier alpha value is -1.94. The first-order valence-corrected chi connectivity index (χ1v) is 5.66. The van der Waals surface area contributed by atoms with E-state index < -0.39 is 6.10 Å². The van der Waals surface area contributed by atoms with Crippen LogP contribution in [0.15, 0.2) is 42.7 Å². The lowest BCUT2D eigenvalue weighted by Crippen LogP contribution is -2.01. The summed E-state index contributed by atoms with van der Waals surface area (Å²) < 4.78 is 18.7. The molecule has 1 aromatic heterocycles. The van der Waals surface area contributed by atoms with E-state index in [1.54, 1.807) is 19.3 Å². The van der Waals surface area contributed by atoms with Gasteiger partial charge in [0.25, 0.3) is 0 Å².